The van der Waals surface area contributed by atoms with E-state index >= 15 is 0 Å². The summed E-state index contributed by atoms with van der Waals surface area (Å²) in [6.07, 6.45) is 0. The number of rotatable bonds is 4. The zero-order valence-electron chi connectivity index (χ0n) is 9.36. The van der Waals surface area contributed by atoms with E-state index in [0.29, 0.717) is 10.8 Å². The third-order valence-electron chi connectivity index (χ3n) is 2.74. The van der Waals surface area contributed by atoms with Crippen LogP contribution in [0.2, 0.25) is 0 Å². The first-order chi connectivity index (χ1) is 8.08. The fraction of sp³-hybridized carbons (Fsp3) is 0.600. The molecule has 0 spiro atoms. The number of sulfone groups is 1. The maximum absolute atomic E-state index is 12.0. The first kappa shape index (κ1) is 13.5. The SMILES string of the molecule is O=S(=O)(CCN1CCNCC1)c1ccc(Br)s1. The van der Waals surface area contributed by atoms with Crippen LogP contribution in [0.5, 0.6) is 0 Å². The Balaban J connectivity index is 1.93. The molecule has 17 heavy (non-hydrogen) atoms. The molecule has 7 heteroatoms. The van der Waals surface area contributed by atoms with E-state index in [1.165, 1.54) is 11.3 Å². The third kappa shape index (κ3) is 3.75. The molecular weight excluding hydrogens is 324 g/mol. The van der Waals surface area contributed by atoms with E-state index in [2.05, 4.69) is 26.1 Å². The van der Waals surface area contributed by atoms with Gasteiger partial charge in [0.2, 0.25) is 0 Å². The summed E-state index contributed by atoms with van der Waals surface area (Å²) in [6.45, 7) is 4.39. The minimum atomic E-state index is -3.11. The molecule has 0 aliphatic carbocycles. The first-order valence-corrected chi connectivity index (χ1v) is 8.75. The van der Waals surface area contributed by atoms with Crippen molar-refractivity contribution in [3.05, 3.63) is 15.9 Å². The number of thiophene rings is 1. The minimum absolute atomic E-state index is 0.208. The highest BCUT2D eigenvalue weighted by Crippen LogP contribution is 2.26. The lowest BCUT2D eigenvalue weighted by Gasteiger charge is -2.26. The fourth-order valence-electron chi connectivity index (χ4n) is 1.75. The van der Waals surface area contributed by atoms with Gasteiger partial charge in [0.1, 0.15) is 4.21 Å². The van der Waals surface area contributed by atoms with Crippen molar-refractivity contribution in [3.63, 3.8) is 0 Å². The Morgan fingerprint density at radius 1 is 1.35 bits per heavy atom. The molecule has 2 heterocycles. The van der Waals surface area contributed by atoms with E-state index in [-0.39, 0.29) is 5.75 Å². The maximum atomic E-state index is 12.0. The molecule has 1 aliphatic heterocycles. The molecule has 0 aromatic carbocycles. The zero-order chi connectivity index (χ0) is 12.3. The van der Waals surface area contributed by atoms with Gasteiger partial charge in [0.15, 0.2) is 9.84 Å². The molecule has 0 unspecified atom stereocenters. The molecule has 0 radical (unpaired) electrons. The van der Waals surface area contributed by atoms with Crippen molar-refractivity contribution < 1.29 is 8.42 Å². The van der Waals surface area contributed by atoms with E-state index in [4.69, 9.17) is 0 Å². The van der Waals surface area contributed by atoms with Gasteiger partial charge < -0.3 is 5.32 Å². The molecule has 0 atom stereocenters. The average molecular weight is 339 g/mol. The number of hydrogen-bond donors (Lipinski definition) is 1. The van der Waals surface area contributed by atoms with Crippen LogP contribution in [0.4, 0.5) is 0 Å². The molecule has 1 aromatic rings. The van der Waals surface area contributed by atoms with Crippen LogP contribution in [0.1, 0.15) is 0 Å². The molecule has 0 bridgehead atoms. The molecule has 0 amide bonds. The normalized spacial score (nSPS) is 18.4. The monoisotopic (exact) mass is 338 g/mol. The van der Waals surface area contributed by atoms with E-state index in [1.54, 1.807) is 12.1 Å². The van der Waals surface area contributed by atoms with Crippen LogP contribution in [0.15, 0.2) is 20.1 Å². The van der Waals surface area contributed by atoms with E-state index < -0.39 is 9.84 Å². The molecule has 1 aliphatic rings. The van der Waals surface area contributed by atoms with Crippen LogP contribution < -0.4 is 5.32 Å². The van der Waals surface area contributed by atoms with Crippen molar-refractivity contribution >= 4 is 37.1 Å². The van der Waals surface area contributed by atoms with Crippen molar-refractivity contribution in [1.82, 2.24) is 10.2 Å². The van der Waals surface area contributed by atoms with Gasteiger partial charge >= 0.3 is 0 Å². The molecule has 1 fully saturated rings. The summed E-state index contributed by atoms with van der Waals surface area (Å²) >= 11 is 4.57. The lowest BCUT2D eigenvalue weighted by molar-refractivity contribution is 0.254. The highest BCUT2D eigenvalue weighted by atomic mass is 79.9. The number of halogens is 1. The Hall–Kier alpha value is 0.0500. The molecule has 96 valence electrons. The molecular formula is C10H15BrN2O2S2. The second-order valence-corrected chi connectivity index (χ2v) is 8.77. The molecule has 1 aromatic heterocycles. The summed E-state index contributed by atoms with van der Waals surface area (Å²) in [5.41, 5.74) is 0. The summed E-state index contributed by atoms with van der Waals surface area (Å²) in [5, 5.41) is 3.25. The van der Waals surface area contributed by atoms with E-state index in [1.807, 2.05) is 0 Å². The van der Waals surface area contributed by atoms with Crippen LogP contribution in [-0.4, -0.2) is 51.8 Å². The van der Waals surface area contributed by atoms with Crippen molar-refractivity contribution in [3.8, 4) is 0 Å². The van der Waals surface area contributed by atoms with Gasteiger partial charge in [0, 0.05) is 32.7 Å². The van der Waals surface area contributed by atoms with E-state index in [9.17, 15) is 8.42 Å². The predicted molar refractivity (Wildman–Crippen MR) is 73.4 cm³/mol. The number of piperazine rings is 1. The molecule has 2 rings (SSSR count). The van der Waals surface area contributed by atoms with Gasteiger partial charge in [-0.05, 0) is 28.1 Å². The predicted octanol–water partition coefficient (Wildman–Crippen LogP) is 1.19. The zero-order valence-corrected chi connectivity index (χ0v) is 12.6. The molecule has 0 saturated carbocycles. The Kier molecular flexibility index (Phi) is 4.59. The van der Waals surface area contributed by atoms with Gasteiger partial charge in [-0.2, -0.15) is 0 Å². The van der Waals surface area contributed by atoms with E-state index in [0.717, 1.165) is 30.0 Å². The number of hydrogen-bond acceptors (Lipinski definition) is 5. The Bertz CT molecular complexity index is 466. The number of nitrogens with one attached hydrogen (secondary N) is 1. The van der Waals surface area contributed by atoms with Gasteiger partial charge in [-0.25, -0.2) is 8.42 Å². The Morgan fingerprint density at radius 3 is 2.65 bits per heavy atom. The molecule has 1 N–H and O–H groups in total. The van der Waals surface area contributed by atoms with Crippen molar-refractivity contribution in [2.45, 2.75) is 4.21 Å². The largest absolute Gasteiger partial charge is 0.314 e. The smallest absolute Gasteiger partial charge is 0.189 e. The van der Waals surface area contributed by atoms with Crippen LogP contribution in [0, 0.1) is 0 Å². The average Bonchev–Trinajstić information content (AvgIpc) is 2.76. The summed E-state index contributed by atoms with van der Waals surface area (Å²) < 4.78 is 25.4. The fourth-order valence-corrected chi connectivity index (χ4v) is 5.19. The summed E-state index contributed by atoms with van der Waals surface area (Å²) in [7, 11) is -3.11. The van der Waals surface area contributed by atoms with Crippen LogP contribution in [0.25, 0.3) is 0 Å². The maximum Gasteiger partial charge on any atom is 0.189 e. The quantitative estimate of drug-likeness (QED) is 0.895. The highest BCUT2D eigenvalue weighted by molar-refractivity contribution is 9.11. The van der Waals surface area contributed by atoms with Gasteiger partial charge in [0.25, 0.3) is 0 Å². The second-order valence-electron chi connectivity index (χ2n) is 3.97. The first-order valence-electron chi connectivity index (χ1n) is 5.49. The van der Waals surface area contributed by atoms with Gasteiger partial charge in [-0.15, -0.1) is 11.3 Å². The van der Waals surface area contributed by atoms with Gasteiger partial charge in [-0.3, -0.25) is 4.90 Å². The van der Waals surface area contributed by atoms with Gasteiger partial charge in [-0.1, -0.05) is 0 Å². The lowest BCUT2D eigenvalue weighted by atomic mass is 10.4. The highest BCUT2D eigenvalue weighted by Gasteiger charge is 2.19. The van der Waals surface area contributed by atoms with Crippen LogP contribution >= 0.6 is 27.3 Å². The summed E-state index contributed by atoms with van der Waals surface area (Å²) in [6, 6.07) is 3.45. The minimum Gasteiger partial charge on any atom is -0.314 e. The van der Waals surface area contributed by atoms with Crippen molar-refractivity contribution in [1.29, 1.82) is 0 Å². The van der Waals surface area contributed by atoms with Crippen molar-refractivity contribution in [2.75, 3.05) is 38.5 Å². The Labute approximate surface area is 114 Å². The van der Waals surface area contributed by atoms with Gasteiger partial charge in [0.05, 0.1) is 9.54 Å². The third-order valence-corrected chi connectivity index (χ3v) is 6.64. The summed E-state index contributed by atoms with van der Waals surface area (Å²) in [4.78, 5) is 2.19. The standard InChI is InChI=1S/C10H15BrN2O2S2/c11-9-1-2-10(16-9)17(14,15)8-7-13-5-3-12-4-6-13/h1-2,12H,3-8H2. The number of nitrogens with zero attached hydrogens (tertiary/aromatic N) is 1. The van der Waals surface area contributed by atoms with Crippen LogP contribution in [0.3, 0.4) is 0 Å². The lowest BCUT2D eigenvalue weighted by Crippen LogP contribution is -2.45. The molecule has 1 saturated heterocycles. The summed E-state index contributed by atoms with van der Waals surface area (Å²) in [5.74, 6) is 0.208. The van der Waals surface area contributed by atoms with Crippen LogP contribution in [-0.2, 0) is 9.84 Å². The topological polar surface area (TPSA) is 49.4 Å². The molecule has 4 nitrogen and oxygen atoms in total. The van der Waals surface area contributed by atoms with Crippen molar-refractivity contribution in [2.24, 2.45) is 0 Å². The Morgan fingerprint density at radius 2 is 2.06 bits per heavy atom. The second kappa shape index (κ2) is 5.79.